The summed E-state index contributed by atoms with van der Waals surface area (Å²) in [5.41, 5.74) is 0. The Morgan fingerprint density at radius 2 is 2.24 bits per heavy atom. The number of rotatable bonds is 8. The highest BCUT2D eigenvalue weighted by molar-refractivity contribution is 5.80. The Morgan fingerprint density at radius 3 is 2.90 bits per heavy atom. The number of ketones is 1. The van der Waals surface area contributed by atoms with Gasteiger partial charge in [0.1, 0.15) is 5.78 Å². The second kappa shape index (κ2) is 9.37. The average molecular weight is 294 g/mol. The molecule has 3 unspecified atom stereocenters. The molecule has 1 saturated heterocycles. The molecule has 2 aliphatic rings. The Kier molecular flexibility index (Phi) is 7.45. The molecular weight excluding hydrogens is 264 g/mol. The van der Waals surface area contributed by atoms with Crippen LogP contribution >= 0.6 is 0 Å². The number of allylic oxidation sites excluding steroid dienone is 1. The second-order valence-corrected chi connectivity index (χ2v) is 6.39. The minimum Gasteiger partial charge on any atom is -0.353 e. The highest BCUT2D eigenvalue weighted by atomic mass is 16.7. The summed E-state index contributed by atoms with van der Waals surface area (Å²) in [5, 5.41) is 0. The standard InChI is InChI=1S/C18H30O3/c1-2-3-4-7-17(21-18-8-5-6-13-20-18)12-10-15-9-11-16(19)14-15/h10,12,15,17-18H,2-9,11,13-14H2,1H3/b12-10+. The van der Waals surface area contributed by atoms with Crippen LogP contribution in [0.5, 0.6) is 0 Å². The van der Waals surface area contributed by atoms with Crippen molar-refractivity contribution in [2.75, 3.05) is 6.61 Å². The molecule has 0 bridgehead atoms. The van der Waals surface area contributed by atoms with Crippen molar-refractivity contribution in [1.82, 2.24) is 0 Å². The summed E-state index contributed by atoms with van der Waals surface area (Å²) in [4.78, 5) is 11.3. The topological polar surface area (TPSA) is 35.5 Å². The molecule has 1 saturated carbocycles. The third-order valence-corrected chi connectivity index (χ3v) is 4.44. The number of unbranched alkanes of at least 4 members (excludes halogenated alkanes) is 2. The lowest BCUT2D eigenvalue weighted by Gasteiger charge is -2.26. The zero-order valence-electron chi connectivity index (χ0n) is 13.4. The molecule has 3 atom stereocenters. The maximum atomic E-state index is 11.3. The second-order valence-electron chi connectivity index (χ2n) is 6.39. The summed E-state index contributed by atoms with van der Waals surface area (Å²) < 4.78 is 11.8. The van der Waals surface area contributed by atoms with Crippen LogP contribution in [-0.2, 0) is 14.3 Å². The van der Waals surface area contributed by atoms with E-state index in [9.17, 15) is 4.79 Å². The van der Waals surface area contributed by atoms with Crippen molar-refractivity contribution >= 4 is 5.78 Å². The largest absolute Gasteiger partial charge is 0.353 e. The molecule has 0 radical (unpaired) electrons. The molecule has 1 aliphatic carbocycles. The van der Waals surface area contributed by atoms with Crippen molar-refractivity contribution in [1.29, 1.82) is 0 Å². The third-order valence-electron chi connectivity index (χ3n) is 4.44. The predicted molar refractivity (Wildman–Crippen MR) is 84.1 cm³/mol. The van der Waals surface area contributed by atoms with E-state index in [2.05, 4.69) is 19.1 Å². The Morgan fingerprint density at radius 1 is 1.33 bits per heavy atom. The summed E-state index contributed by atoms with van der Waals surface area (Å²) in [6, 6.07) is 0. The minimum atomic E-state index is -0.0276. The van der Waals surface area contributed by atoms with E-state index in [0.29, 0.717) is 11.7 Å². The molecule has 0 aromatic rings. The molecule has 21 heavy (non-hydrogen) atoms. The van der Waals surface area contributed by atoms with Crippen molar-refractivity contribution < 1.29 is 14.3 Å². The number of carbonyl (C=O) groups is 1. The number of hydrogen-bond donors (Lipinski definition) is 0. The summed E-state index contributed by atoms with van der Waals surface area (Å²) in [5.74, 6) is 0.839. The zero-order valence-corrected chi connectivity index (χ0v) is 13.4. The average Bonchev–Trinajstić information content (AvgIpc) is 2.91. The van der Waals surface area contributed by atoms with Gasteiger partial charge < -0.3 is 9.47 Å². The van der Waals surface area contributed by atoms with Crippen LogP contribution in [-0.4, -0.2) is 24.8 Å². The van der Waals surface area contributed by atoms with Gasteiger partial charge in [-0.3, -0.25) is 4.79 Å². The fourth-order valence-electron chi connectivity index (χ4n) is 3.11. The first kappa shape index (κ1) is 16.7. The van der Waals surface area contributed by atoms with E-state index in [-0.39, 0.29) is 12.4 Å². The lowest BCUT2D eigenvalue weighted by molar-refractivity contribution is -0.179. The summed E-state index contributed by atoms with van der Waals surface area (Å²) in [6.45, 7) is 3.05. The Bertz CT molecular complexity index is 331. The molecule has 2 fully saturated rings. The maximum absolute atomic E-state index is 11.3. The quantitative estimate of drug-likeness (QED) is 0.491. The Hall–Kier alpha value is -0.670. The van der Waals surface area contributed by atoms with Gasteiger partial charge in [0.15, 0.2) is 6.29 Å². The van der Waals surface area contributed by atoms with Gasteiger partial charge in [-0.1, -0.05) is 38.3 Å². The molecule has 3 heteroatoms. The van der Waals surface area contributed by atoms with Crippen LogP contribution in [0.25, 0.3) is 0 Å². The molecule has 0 amide bonds. The van der Waals surface area contributed by atoms with Gasteiger partial charge in [-0.05, 0) is 38.0 Å². The molecule has 0 aromatic heterocycles. The molecule has 0 N–H and O–H groups in total. The molecule has 1 heterocycles. The smallest absolute Gasteiger partial charge is 0.158 e. The predicted octanol–water partition coefficient (Wildman–Crippen LogP) is 4.40. The molecule has 0 aromatic carbocycles. The van der Waals surface area contributed by atoms with Crippen LogP contribution in [0.15, 0.2) is 12.2 Å². The normalized spacial score (nSPS) is 28.3. The van der Waals surface area contributed by atoms with Crippen LogP contribution in [0.3, 0.4) is 0 Å². The summed E-state index contributed by atoms with van der Waals surface area (Å²) in [6.07, 6.45) is 15.1. The lowest BCUT2D eigenvalue weighted by Crippen LogP contribution is -2.27. The van der Waals surface area contributed by atoms with Crippen molar-refractivity contribution in [2.45, 2.75) is 83.5 Å². The molecular formula is C18H30O3. The van der Waals surface area contributed by atoms with Gasteiger partial charge in [0, 0.05) is 19.4 Å². The van der Waals surface area contributed by atoms with Gasteiger partial charge in [0.25, 0.3) is 0 Å². The number of ether oxygens (including phenoxy) is 2. The summed E-state index contributed by atoms with van der Waals surface area (Å²) >= 11 is 0. The van der Waals surface area contributed by atoms with Crippen LogP contribution < -0.4 is 0 Å². The first-order valence-electron chi connectivity index (χ1n) is 8.75. The van der Waals surface area contributed by atoms with E-state index >= 15 is 0 Å². The fourth-order valence-corrected chi connectivity index (χ4v) is 3.11. The highest BCUT2D eigenvalue weighted by Gasteiger charge is 2.21. The van der Waals surface area contributed by atoms with Crippen molar-refractivity contribution in [3.8, 4) is 0 Å². The van der Waals surface area contributed by atoms with Gasteiger partial charge in [-0.15, -0.1) is 0 Å². The van der Waals surface area contributed by atoms with Crippen molar-refractivity contribution in [3.63, 3.8) is 0 Å². The third kappa shape index (κ3) is 6.31. The molecule has 2 rings (SSSR count). The first-order valence-corrected chi connectivity index (χ1v) is 8.75. The molecule has 0 spiro atoms. The minimum absolute atomic E-state index is 0.0276. The monoisotopic (exact) mass is 294 g/mol. The van der Waals surface area contributed by atoms with Gasteiger partial charge in [-0.25, -0.2) is 0 Å². The van der Waals surface area contributed by atoms with Crippen LogP contribution in [0.4, 0.5) is 0 Å². The summed E-state index contributed by atoms with van der Waals surface area (Å²) in [7, 11) is 0. The van der Waals surface area contributed by atoms with Crippen molar-refractivity contribution in [2.24, 2.45) is 5.92 Å². The highest BCUT2D eigenvalue weighted by Crippen LogP contribution is 2.24. The Balaban J connectivity index is 1.81. The lowest BCUT2D eigenvalue weighted by atomic mass is 10.0. The number of Topliss-reactive ketones (excluding diaryl/α,β-unsaturated/α-hetero) is 1. The van der Waals surface area contributed by atoms with E-state index in [1.54, 1.807) is 0 Å². The van der Waals surface area contributed by atoms with E-state index in [1.807, 2.05) is 0 Å². The van der Waals surface area contributed by atoms with Gasteiger partial charge in [0.05, 0.1) is 6.10 Å². The first-order chi connectivity index (χ1) is 10.3. The van der Waals surface area contributed by atoms with Gasteiger partial charge >= 0.3 is 0 Å². The van der Waals surface area contributed by atoms with Gasteiger partial charge in [0.2, 0.25) is 0 Å². The maximum Gasteiger partial charge on any atom is 0.158 e. The fraction of sp³-hybridized carbons (Fsp3) is 0.833. The van der Waals surface area contributed by atoms with Crippen molar-refractivity contribution in [3.05, 3.63) is 12.2 Å². The Labute approximate surface area is 129 Å². The zero-order chi connectivity index (χ0) is 14.9. The molecule has 120 valence electrons. The van der Waals surface area contributed by atoms with Crippen LogP contribution in [0, 0.1) is 5.92 Å². The van der Waals surface area contributed by atoms with E-state index in [0.717, 1.165) is 45.1 Å². The van der Waals surface area contributed by atoms with Gasteiger partial charge in [-0.2, -0.15) is 0 Å². The molecule has 3 nitrogen and oxygen atoms in total. The van der Waals surface area contributed by atoms with E-state index < -0.39 is 0 Å². The van der Waals surface area contributed by atoms with Crippen LogP contribution in [0.1, 0.15) is 71.1 Å². The number of carbonyl (C=O) groups excluding carboxylic acids is 1. The number of hydrogen-bond acceptors (Lipinski definition) is 3. The van der Waals surface area contributed by atoms with E-state index in [4.69, 9.17) is 9.47 Å². The van der Waals surface area contributed by atoms with E-state index in [1.165, 1.54) is 25.7 Å². The molecule has 1 aliphatic heterocycles. The SMILES string of the molecule is CCCCCC(/C=C/C1CCC(=O)C1)OC1CCCCO1. The van der Waals surface area contributed by atoms with Crippen LogP contribution in [0.2, 0.25) is 0 Å².